The summed E-state index contributed by atoms with van der Waals surface area (Å²) >= 11 is 6.92. The number of ether oxygens (including phenoxy) is 1. The summed E-state index contributed by atoms with van der Waals surface area (Å²) in [5.74, 6) is 0. The molecule has 0 bridgehead atoms. The Bertz CT molecular complexity index is 1460. The van der Waals surface area contributed by atoms with Gasteiger partial charge in [-0.25, -0.2) is 4.79 Å². The SMILES string of the molecule is Cn1cc(/C=C/c2n[nH]c3ccc(-c4ccc(CN5CCN(C(=O)OC(C)(C)C)CC5)cc4)c(Cl)c23)cn1. The van der Waals surface area contributed by atoms with Gasteiger partial charge in [-0.1, -0.05) is 41.9 Å². The molecule has 0 saturated carbocycles. The first-order valence-electron chi connectivity index (χ1n) is 12.8. The maximum absolute atomic E-state index is 12.3. The van der Waals surface area contributed by atoms with Crippen molar-refractivity contribution in [2.45, 2.75) is 32.9 Å². The van der Waals surface area contributed by atoms with E-state index in [0.29, 0.717) is 18.1 Å². The zero-order chi connectivity index (χ0) is 26.9. The van der Waals surface area contributed by atoms with Crippen LogP contribution in [-0.2, 0) is 18.3 Å². The highest BCUT2D eigenvalue weighted by Crippen LogP contribution is 2.36. The molecular formula is C29H33ClN6O2. The largest absolute Gasteiger partial charge is 0.444 e. The summed E-state index contributed by atoms with van der Waals surface area (Å²) in [7, 11) is 1.89. The van der Waals surface area contributed by atoms with Crippen LogP contribution in [0.1, 0.15) is 37.6 Å². The van der Waals surface area contributed by atoms with E-state index in [2.05, 4.69) is 44.5 Å². The van der Waals surface area contributed by atoms with Gasteiger partial charge in [-0.15, -0.1) is 0 Å². The molecule has 0 spiro atoms. The fourth-order valence-electron chi connectivity index (χ4n) is 4.60. The summed E-state index contributed by atoms with van der Waals surface area (Å²) in [5.41, 5.74) is 5.45. The van der Waals surface area contributed by atoms with E-state index < -0.39 is 5.60 Å². The second kappa shape index (κ2) is 10.6. The molecule has 0 atom stereocenters. The fraction of sp³-hybridized carbons (Fsp3) is 0.345. The molecule has 2 aromatic carbocycles. The number of nitrogens with one attached hydrogen (secondary N) is 1. The number of hydrogen-bond acceptors (Lipinski definition) is 5. The summed E-state index contributed by atoms with van der Waals surface area (Å²) in [5, 5.41) is 13.3. The van der Waals surface area contributed by atoms with Crippen molar-refractivity contribution >= 4 is 40.7 Å². The quantitative estimate of drug-likeness (QED) is 0.349. The molecule has 1 aliphatic heterocycles. The normalized spacial score (nSPS) is 15.0. The number of amides is 1. The minimum absolute atomic E-state index is 0.233. The first kappa shape index (κ1) is 26.0. The Morgan fingerprint density at radius 1 is 1.08 bits per heavy atom. The molecule has 8 nitrogen and oxygen atoms in total. The highest BCUT2D eigenvalue weighted by atomic mass is 35.5. The number of aromatic amines is 1. The molecule has 198 valence electrons. The molecule has 1 fully saturated rings. The number of halogens is 1. The number of carbonyl (C=O) groups excluding carboxylic acids is 1. The molecule has 3 heterocycles. The third-order valence-electron chi connectivity index (χ3n) is 6.55. The van der Waals surface area contributed by atoms with Gasteiger partial charge in [0.15, 0.2) is 0 Å². The Kier molecular flexibility index (Phi) is 7.27. The van der Waals surface area contributed by atoms with Crippen molar-refractivity contribution in [3.63, 3.8) is 0 Å². The lowest BCUT2D eigenvalue weighted by atomic mass is 10.0. The van der Waals surface area contributed by atoms with Crippen LogP contribution in [0.3, 0.4) is 0 Å². The zero-order valence-corrected chi connectivity index (χ0v) is 23.0. The molecule has 2 aromatic heterocycles. The zero-order valence-electron chi connectivity index (χ0n) is 22.2. The number of hydrogen-bond donors (Lipinski definition) is 1. The summed E-state index contributed by atoms with van der Waals surface area (Å²) in [4.78, 5) is 16.5. The van der Waals surface area contributed by atoms with Crippen LogP contribution in [0.25, 0.3) is 34.2 Å². The number of H-pyrrole nitrogens is 1. The molecule has 1 N–H and O–H groups in total. The maximum Gasteiger partial charge on any atom is 0.410 e. The number of piperazine rings is 1. The Morgan fingerprint density at radius 3 is 2.47 bits per heavy atom. The van der Waals surface area contributed by atoms with Gasteiger partial charge in [0.05, 0.1) is 22.4 Å². The first-order valence-corrected chi connectivity index (χ1v) is 13.2. The molecule has 38 heavy (non-hydrogen) atoms. The summed E-state index contributed by atoms with van der Waals surface area (Å²) < 4.78 is 7.27. The molecule has 1 saturated heterocycles. The fourth-order valence-corrected chi connectivity index (χ4v) is 4.97. The monoisotopic (exact) mass is 532 g/mol. The minimum atomic E-state index is -0.473. The van der Waals surface area contributed by atoms with Crippen LogP contribution in [0.2, 0.25) is 5.02 Å². The van der Waals surface area contributed by atoms with E-state index >= 15 is 0 Å². The molecule has 1 aliphatic rings. The van der Waals surface area contributed by atoms with E-state index in [4.69, 9.17) is 16.3 Å². The first-order chi connectivity index (χ1) is 18.2. The van der Waals surface area contributed by atoms with E-state index in [1.54, 1.807) is 15.8 Å². The van der Waals surface area contributed by atoms with Crippen LogP contribution in [-0.4, -0.2) is 67.7 Å². The number of fused-ring (bicyclic) bond motifs is 1. The van der Waals surface area contributed by atoms with E-state index in [9.17, 15) is 4.79 Å². The number of carbonyl (C=O) groups is 1. The molecule has 4 aromatic rings. The van der Waals surface area contributed by atoms with E-state index in [0.717, 1.165) is 52.9 Å². The molecule has 0 aliphatic carbocycles. The van der Waals surface area contributed by atoms with Gasteiger partial charge in [0.1, 0.15) is 5.60 Å². The van der Waals surface area contributed by atoms with Gasteiger partial charge in [0.2, 0.25) is 0 Å². The lowest BCUT2D eigenvalue weighted by Gasteiger charge is -2.35. The topological polar surface area (TPSA) is 79.3 Å². The highest BCUT2D eigenvalue weighted by molar-refractivity contribution is 6.38. The molecule has 0 unspecified atom stereocenters. The van der Waals surface area contributed by atoms with Crippen LogP contribution in [0.5, 0.6) is 0 Å². The van der Waals surface area contributed by atoms with Crippen molar-refractivity contribution < 1.29 is 9.53 Å². The number of rotatable bonds is 5. The van der Waals surface area contributed by atoms with Crippen LogP contribution in [0.15, 0.2) is 48.8 Å². The van der Waals surface area contributed by atoms with Gasteiger partial charge in [0.25, 0.3) is 0 Å². The average molecular weight is 533 g/mol. The van der Waals surface area contributed by atoms with Crippen LogP contribution in [0.4, 0.5) is 4.79 Å². The second-order valence-electron chi connectivity index (χ2n) is 10.7. The molecule has 5 rings (SSSR count). The third-order valence-corrected chi connectivity index (χ3v) is 6.94. The van der Waals surface area contributed by atoms with E-state index in [-0.39, 0.29) is 6.09 Å². The Hall–Kier alpha value is -3.62. The smallest absolute Gasteiger partial charge is 0.410 e. The van der Waals surface area contributed by atoms with E-state index in [1.807, 2.05) is 58.3 Å². The molecule has 1 amide bonds. The van der Waals surface area contributed by atoms with Crippen LogP contribution in [0, 0.1) is 0 Å². The van der Waals surface area contributed by atoms with Gasteiger partial charge in [0, 0.05) is 62.5 Å². The summed E-state index contributed by atoms with van der Waals surface area (Å²) in [6.45, 7) is 9.50. The van der Waals surface area contributed by atoms with Crippen molar-refractivity contribution in [2.75, 3.05) is 26.2 Å². The van der Waals surface area contributed by atoms with Crippen LogP contribution < -0.4 is 0 Å². The highest BCUT2D eigenvalue weighted by Gasteiger charge is 2.25. The number of benzene rings is 2. The Labute approximate surface area is 227 Å². The third kappa shape index (κ3) is 5.92. The molecular weight excluding hydrogens is 500 g/mol. The maximum atomic E-state index is 12.3. The lowest BCUT2D eigenvalue weighted by Crippen LogP contribution is -2.49. The predicted octanol–water partition coefficient (Wildman–Crippen LogP) is 5.84. The van der Waals surface area contributed by atoms with E-state index in [1.165, 1.54) is 5.56 Å². The van der Waals surface area contributed by atoms with Crippen molar-refractivity contribution in [1.82, 2.24) is 29.8 Å². The standard InChI is InChI=1S/C29H33ClN6O2/c1-29(2,3)38-28(37)36-15-13-35(14-16-36)19-20-5-8-22(9-6-20)23-10-12-25-26(27(23)30)24(32-33-25)11-7-21-17-31-34(4)18-21/h5-12,17-18H,13-16,19H2,1-4H3,(H,32,33)/b11-7+. The predicted molar refractivity (Wildman–Crippen MR) is 152 cm³/mol. The lowest BCUT2D eigenvalue weighted by molar-refractivity contribution is 0.0139. The van der Waals surface area contributed by atoms with Gasteiger partial charge >= 0.3 is 6.09 Å². The Balaban J connectivity index is 1.26. The summed E-state index contributed by atoms with van der Waals surface area (Å²) in [6.07, 6.45) is 7.45. The van der Waals surface area contributed by atoms with Crippen molar-refractivity contribution in [1.29, 1.82) is 0 Å². The molecule has 9 heteroatoms. The minimum Gasteiger partial charge on any atom is -0.444 e. The molecule has 0 radical (unpaired) electrons. The van der Waals surface area contributed by atoms with Gasteiger partial charge < -0.3 is 9.64 Å². The Morgan fingerprint density at radius 2 is 1.82 bits per heavy atom. The van der Waals surface area contributed by atoms with Crippen molar-refractivity contribution in [3.8, 4) is 11.1 Å². The number of nitrogens with zero attached hydrogens (tertiary/aromatic N) is 5. The van der Waals surface area contributed by atoms with Crippen LogP contribution >= 0.6 is 11.6 Å². The number of aromatic nitrogens is 4. The number of aryl methyl sites for hydroxylation is 1. The second-order valence-corrected chi connectivity index (χ2v) is 11.1. The summed E-state index contributed by atoms with van der Waals surface area (Å²) in [6, 6.07) is 12.6. The van der Waals surface area contributed by atoms with Crippen molar-refractivity contribution in [2.24, 2.45) is 7.05 Å². The van der Waals surface area contributed by atoms with Gasteiger partial charge in [-0.05, 0) is 50.1 Å². The van der Waals surface area contributed by atoms with Crippen molar-refractivity contribution in [3.05, 3.63) is 70.6 Å². The van der Waals surface area contributed by atoms with Gasteiger partial charge in [-0.3, -0.25) is 14.7 Å². The van der Waals surface area contributed by atoms with Gasteiger partial charge in [-0.2, -0.15) is 10.2 Å². The average Bonchev–Trinajstić information content (AvgIpc) is 3.49.